The number of hydrogen-bond acceptors (Lipinski definition) is 2. The SMILES string of the molecule is Cc1ccccc1C1=CC1(C#N)C(=O)NC(C)C. The maximum atomic E-state index is 12.1. The van der Waals surface area contributed by atoms with Crippen molar-refractivity contribution in [2.24, 2.45) is 5.41 Å². The van der Waals surface area contributed by atoms with Crippen LogP contribution in [-0.2, 0) is 4.79 Å². The van der Waals surface area contributed by atoms with Crippen LogP contribution in [0, 0.1) is 23.7 Å². The zero-order valence-electron chi connectivity index (χ0n) is 10.8. The highest BCUT2D eigenvalue weighted by molar-refractivity contribution is 6.11. The van der Waals surface area contributed by atoms with E-state index in [0.717, 1.165) is 16.7 Å². The molecule has 0 saturated carbocycles. The van der Waals surface area contributed by atoms with Crippen LogP contribution < -0.4 is 5.32 Å². The number of nitriles is 1. The van der Waals surface area contributed by atoms with E-state index in [2.05, 4.69) is 11.4 Å². The second-order valence-corrected chi connectivity index (χ2v) is 4.92. The van der Waals surface area contributed by atoms with Gasteiger partial charge in [0.2, 0.25) is 5.91 Å². The fraction of sp³-hybridized carbons (Fsp3) is 0.333. The van der Waals surface area contributed by atoms with Gasteiger partial charge in [-0.25, -0.2) is 0 Å². The fourth-order valence-electron chi connectivity index (χ4n) is 2.05. The molecule has 18 heavy (non-hydrogen) atoms. The summed E-state index contributed by atoms with van der Waals surface area (Å²) in [6.45, 7) is 5.76. The third-order valence-electron chi connectivity index (χ3n) is 3.09. The summed E-state index contributed by atoms with van der Waals surface area (Å²) in [7, 11) is 0. The van der Waals surface area contributed by atoms with Crippen molar-refractivity contribution in [3.8, 4) is 6.07 Å². The van der Waals surface area contributed by atoms with Gasteiger partial charge in [0.05, 0.1) is 6.07 Å². The van der Waals surface area contributed by atoms with Crippen LogP contribution in [0.3, 0.4) is 0 Å². The Balaban J connectivity index is 2.26. The maximum Gasteiger partial charge on any atom is 0.249 e. The van der Waals surface area contributed by atoms with Crippen LogP contribution in [0.1, 0.15) is 25.0 Å². The first-order valence-electron chi connectivity index (χ1n) is 6.03. The predicted molar refractivity (Wildman–Crippen MR) is 70.5 cm³/mol. The van der Waals surface area contributed by atoms with E-state index in [1.54, 1.807) is 6.08 Å². The lowest BCUT2D eigenvalue weighted by atomic mass is 9.94. The van der Waals surface area contributed by atoms with Gasteiger partial charge in [-0.15, -0.1) is 0 Å². The van der Waals surface area contributed by atoms with Crippen LogP contribution in [0.25, 0.3) is 5.57 Å². The van der Waals surface area contributed by atoms with E-state index in [4.69, 9.17) is 0 Å². The number of hydrogen-bond donors (Lipinski definition) is 1. The van der Waals surface area contributed by atoms with E-state index in [0.29, 0.717) is 0 Å². The molecule has 1 amide bonds. The molecule has 1 aliphatic carbocycles. The van der Waals surface area contributed by atoms with Crippen molar-refractivity contribution in [2.75, 3.05) is 0 Å². The Kier molecular flexibility index (Phi) is 2.96. The van der Waals surface area contributed by atoms with Crippen LogP contribution >= 0.6 is 0 Å². The molecule has 1 aromatic carbocycles. The van der Waals surface area contributed by atoms with Crippen molar-refractivity contribution >= 4 is 11.5 Å². The van der Waals surface area contributed by atoms with Crippen molar-refractivity contribution in [1.29, 1.82) is 5.26 Å². The highest BCUT2D eigenvalue weighted by atomic mass is 16.2. The number of nitrogens with one attached hydrogen (secondary N) is 1. The molecule has 0 fully saturated rings. The molecule has 1 unspecified atom stereocenters. The van der Waals surface area contributed by atoms with Crippen molar-refractivity contribution in [3.05, 3.63) is 41.5 Å². The van der Waals surface area contributed by atoms with Gasteiger partial charge in [-0.2, -0.15) is 5.26 Å². The quantitative estimate of drug-likeness (QED) is 0.882. The van der Waals surface area contributed by atoms with Gasteiger partial charge < -0.3 is 5.32 Å². The Morgan fingerprint density at radius 3 is 2.61 bits per heavy atom. The van der Waals surface area contributed by atoms with Crippen LogP contribution in [0.2, 0.25) is 0 Å². The van der Waals surface area contributed by atoms with Crippen molar-refractivity contribution < 1.29 is 4.79 Å². The first-order chi connectivity index (χ1) is 8.51. The molecule has 1 atom stereocenters. The molecule has 92 valence electrons. The lowest BCUT2D eigenvalue weighted by Gasteiger charge is -2.14. The molecule has 0 saturated heterocycles. The number of aryl methyl sites for hydroxylation is 1. The number of carbonyl (C=O) groups is 1. The third-order valence-corrected chi connectivity index (χ3v) is 3.09. The molecule has 0 spiro atoms. The lowest BCUT2D eigenvalue weighted by Crippen LogP contribution is -2.37. The number of rotatable bonds is 3. The monoisotopic (exact) mass is 240 g/mol. The third kappa shape index (κ3) is 1.91. The van der Waals surface area contributed by atoms with Gasteiger partial charge in [0.1, 0.15) is 0 Å². The minimum atomic E-state index is -1.06. The molecule has 0 bridgehead atoms. The van der Waals surface area contributed by atoms with Gasteiger partial charge in [0.25, 0.3) is 0 Å². The maximum absolute atomic E-state index is 12.1. The van der Waals surface area contributed by atoms with E-state index in [1.807, 2.05) is 45.0 Å². The summed E-state index contributed by atoms with van der Waals surface area (Å²) < 4.78 is 0. The minimum absolute atomic E-state index is 0.0369. The number of benzene rings is 1. The van der Waals surface area contributed by atoms with E-state index in [-0.39, 0.29) is 11.9 Å². The number of amides is 1. The summed E-state index contributed by atoms with van der Waals surface area (Å²) in [5, 5.41) is 12.1. The van der Waals surface area contributed by atoms with Gasteiger partial charge >= 0.3 is 0 Å². The average Bonchev–Trinajstić information content (AvgIpc) is 3.04. The largest absolute Gasteiger partial charge is 0.352 e. The van der Waals surface area contributed by atoms with Gasteiger partial charge in [-0.05, 0) is 43.5 Å². The highest BCUT2D eigenvalue weighted by Gasteiger charge is 2.52. The molecule has 1 N–H and O–H groups in total. The van der Waals surface area contributed by atoms with Gasteiger partial charge in [-0.1, -0.05) is 24.3 Å². The highest BCUT2D eigenvalue weighted by Crippen LogP contribution is 2.51. The molecule has 0 aliphatic heterocycles. The second kappa shape index (κ2) is 4.30. The zero-order valence-corrected chi connectivity index (χ0v) is 10.8. The summed E-state index contributed by atoms with van der Waals surface area (Å²) in [6, 6.07) is 9.97. The minimum Gasteiger partial charge on any atom is -0.352 e. The Morgan fingerprint density at radius 2 is 2.06 bits per heavy atom. The van der Waals surface area contributed by atoms with E-state index in [9.17, 15) is 10.1 Å². The molecule has 0 radical (unpaired) electrons. The Morgan fingerprint density at radius 1 is 1.39 bits per heavy atom. The van der Waals surface area contributed by atoms with Crippen LogP contribution in [0.5, 0.6) is 0 Å². The smallest absolute Gasteiger partial charge is 0.249 e. The summed E-state index contributed by atoms with van der Waals surface area (Å²) in [4.78, 5) is 12.1. The Bertz CT molecular complexity index is 566. The molecule has 2 rings (SSSR count). The Labute approximate surface area is 107 Å². The lowest BCUT2D eigenvalue weighted by molar-refractivity contribution is -0.123. The molecule has 0 heterocycles. The topological polar surface area (TPSA) is 52.9 Å². The second-order valence-electron chi connectivity index (χ2n) is 4.92. The van der Waals surface area contributed by atoms with Crippen LogP contribution in [0.15, 0.2) is 30.3 Å². The van der Waals surface area contributed by atoms with E-state index >= 15 is 0 Å². The fourth-order valence-corrected chi connectivity index (χ4v) is 2.05. The molecule has 1 aliphatic rings. The Hall–Kier alpha value is -2.08. The predicted octanol–water partition coefficient (Wildman–Crippen LogP) is 2.43. The van der Waals surface area contributed by atoms with Crippen LogP contribution in [-0.4, -0.2) is 11.9 Å². The van der Waals surface area contributed by atoms with Gasteiger partial charge in [0.15, 0.2) is 5.41 Å². The van der Waals surface area contributed by atoms with E-state index < -0.39 is 5.41 Å². The molecule has 3 nitrogen and oxygen atoms in total. The van der Waals surface area contributed by atoms with Gasteiger partial charge in [-0.3, -0.25) is 4.79 Å². The molecular weight excluding hydrogens is 224 g/mol. The number of nitrogens with zero attached hydrogens (tertiary/aromatic N) is 1. The van der Waals surface area contributed by atoms with Crippen molar-refractivity contribution in [1.82, 2.24) is 5.32 Å². The first-order valence-corrected chi connectivity index (χ1v) is 6.03. The molecule has 1 aromatic rings. The summed E-state index contributed by atoms with van der Waals surface area (Å²) in [5.74, 6) is -0.224. The molecular formula is C15H16N2O. The van der Waals surface area contributed by atoms with E-state index in [1.165, 1.54) is 0 Å². The average molecular weight is 240 g/mol. The molecule has 3 heteroatoms. The standard InChI is InChI=1S/C15H16N2O/c1-10(2)17-14(18)15(9-16)8-13(15)12-7-5-4-6-11(12)3/h4-8,10H,1-3H3,(H,17,18). The molecule has 0 aromatic heterocycles. The summed E-state index contributed by atoms with van der Waals surface area (Å²) in [5.41, 5.74) is 1.83. The van der Waals surface area contributed by atoms with Crippen molar-refractivity contribution in [3.63, 3.8) is 0 Å². The first kappa shape index (κ1) is 12.4. The van der Waals surface area contributed by atoms with Crippen LogP contribution in [0.4, 0.5) is 0 Å². The normalized spacial score (nSPS) is 21.2. The number of carbonyl (C=O) groups excluding carboxylic acids is 1. The summed E-state index contributed by atoms with van der Waals surface area (Å²) >= 11 is 0. The van der Waals surface area contributed by atoms with Gasteiger partial charge in [0, 0.05) is 6.04 Å². The van der Waals surface area contributed by atoms with Crippen molar-refractivity contribution in [2.45, 2.75) is 26.8 Å². The zero-order chi connectivity index (χ0) is 13.3. The summed E-state index contributed by atoms with van der Waals surface area (Å²) in [6.07, 6.45) is 1.74.